The fraction of sp³-hybridized carbons (Fsp3) is 0.667. The monoisotopic (exact) mass is 301 g/mol. The van der Waals surface area contributed by atoms with Gasteiger partial charge in [0.25, 0.3) is 0 Å². The molecule has 0 spiro atoms. The van der Waals surface area contributed by atoms with E-state index in [9.17, 15) is 0 Å². The van der Waals surface area contributed by atoms with Gasteiger partial charge in [-0.3, -0.25) is 4.98 Å². The number of ether oxygens (including phenoxy) is 1. The lowest BCUT2D eigenvalue weighted by Crippen LogP contribution is -2.19. The van der Waals surface area contributed by atoms with Crippen LogP contribution in [0.2, 0.25) is 0 Å². The molecule has 96 valence electrons. The number of nitrogens with zero attached hydrogens (tertiary/aromatic N) is 2. The summed E-state index contributed by atoms with van der Waals surface area (Å²) in [5.41, 5.74) is 0. The average Bonchev–Trinajstić information content (AvgIpc) is 2.14. The summed E-state index contributed by atoms with van der Waals surface area (Å²) in [6.45, 7) is 8.19. The highest BCUT2D eigenvalue weighted by Crippen LogP contribution is 2.14. The van der Waals surface area contributed by atoms with E-state index in [1.165, 1.54) is 0 Å². The normalized spacial score (nSPS) is 14.5. The van der Waals surface area contributed by atoms with Crippen LogP contribution in [-0.4, -0.2) is 26.9 Å². The van der Waals surface area contributed by atoms with Crippen molar-refractivity contribution in [3.05, 3.63) is 12.4 Å². The molecule has 0 saturated heterocycles. The van der Waals surface area contributed by atoms with Gasteiger partial charge in [-0.25, -0.2) is 0 Å². The first kappa shape index (κ1) is 14.2. The zero-order valence-electron chi connectivity index (χ0n) is 10.8. The van der Waals surface area contributed by atoms with Crippen LogP contribution in [0.1, 0.15) is 34.1 Å². The molecule has 0 saturated carbocycles. The van der Waals surface area contributed by atoms with E-state index in [4.69, 9.17) is 4.74 Å². The second-order valence-electron chi connectivity index (χ2n) is 4.47. The first-order valence-electron chi connectivity index (χ1n) is 5.86. The van der Waals surface area contributed by atoms with E-state index in [1.807, 2.05) is 13.8 Å². The summed E-state index contributed by atoms with van der Waals surface area (Å²) >= 11 is 3.53. The molecule has 17 heavy (non-hydrogen) atoms. The van der Waals surface area contributed by atoms with Gasteiger partial charge in [-0.2, -0.15) is 4.98 Å². The van der Waals surface area contributed by atoms with E-state index in [0.29, 0.717) is 16.7 Å². The van der Waals surface area contributed by atoms with Gasteiger partial charge in [0.05, 0.1) is 18.5 Å². The van der Waals surface area contributed by atoms with Gasteiger partial charge >= 0.3 is 0 Å². The molecule has 1 aromatic rings. The minimum Gasteiger partial charge on any atom is -0.474 e. The second kappa shape index (κ2) is 6.79. The molecular weight excluding hydrogens is 282 g/mol. The number of halogens is 1. The molecule has 0 amide bonds. The molecule has 1 N–H and O–H groups in total. The molecule has 4 nitrogen and oxygen atoms in total. The zero-order chi connectivity index (χ0) is 12.8. The highest BCUT2D eigenvalue weighted by Gasteiger charge is 2.08. The van der Waals surface area contributed by atoms with Gasteiger partial charge in [0.2, 0.25) is 5.88 Å². The maximum atomic E-state index is 5.49. The molecule has 0 radical (unpaired) electrons. The Balaban J connectivity index is 2.59. The minimum atomic E-state index is 0.111. The Morgan fingerprint density at radius 3 is 2.59 bits per heavy atom. The zero-order valence-corrected chi connectivity index (χ0v) is 12.4. The molecule has 2 unspecified atom stereocenters. The van der Waals surface area contributed by atoms with Crippen LogP contribution in [0.3, 0.4) is 0 Å². The van der Waals surface area contributed by atoms with Crippen molar-refractivity contribution in [3.8, 4) is 5.88 Å². The topological polar surface area (TPSA) is 47.0 Å². The van der Waals surface area contributed by atoms with Crippen LogP contribution in [-0.2, 0) is 0 Å². The smallest absolute Gasteiger partial charge is 0.234 e. The summed E-state index contributed by atoms with van der Waals surface area (Å²) in [6, 6.07) is 0.341. The molecule has 1 rings (SSSR count). The largest absolute Gasteiger partial charge is 0.474 e. The number of nitrogens with one attached hydrogen (secondary N) is 1. The fourth-order valence-electron chi connectivity index (χ4n) is 1.51. The highest BCUT2D eigenvalue weighted by atomic mass is 79.9. The Kier molecular flexibility index (Phi) is 5.68. The number of hydrogen-bond donors (Lipinski definition) is 1. The Labute approximate surface area is 111 Å². The van der Waals surface area contributed by atoms with Gasteiger partial charge < -0.3 is 10.1 Å². The van der Waals surface area contributed by atoms with Crippen LogP contribution in [0.25, 0.3) is 0 Å². The molecule has 0 aliphatic heterocycles. The summed E-state index contributed by atoms with van der Waals surface area (Å²) in [5, 5.41) is 3.30. The van der Waals surface area contributed by atoms with Crippen molar-refractivity contribution >= 4 is 21.7 Å². The van der Waals surface area contributed by atoms with Gasteiger partial charge in [0.1, 0.15) is 5.82 Å². The van der Waals surface area contributed by atoms with Crippen molar-refractivity contribution < 1.29 is 4.74 Å². The summed E-state index contributed by atoms with van der Waals surface area (Å²) < 4.78 is 5.49. The molecule has 0 fully saturated rings. The summed E-state index contributed by atoms with van der Waals surface area (Å²) in [5.74, 6) is 1.31. The third-order valence-electron chi connectivity index (χ3n) is 2.04. The van der Waals surface area contributed by atoms with Crippen LogP contribution < -0.4 is 10.1 Å². The molecule has 0 aliphatic rings. The second-order valence-corrected chi connectivity index (χ2v) is 6.03. The Morgan fingerprint density at radius 1 is 1.29 bits per heavy atom. The average molecular weight is 302 g/mol. The lowest BCUT2D eigenvalue weighted by molar-refractivity contribution is 0.232. The third-order valence-corrected chi connectivity index (χ3v) is 2.42. The SMILES string of the molecule is CC(Br)CC(C)Nc1cncc(OC(C)C)n1. The van der Waals surface area contributed by atoms with Crippen molar-refractivity contribution in [2.45, 2.75) is 51.1 Å². The molecule has 2 atom stereocenters. The Hall–Kier alpha value is -0.840. The van der Waals surface area contributed by atoms with Crippen molar-refractivity contribution in [2.75, 3.05) is 5.32 Å². The summed E-state index contributed by atoms with van der Waals surface area (Å²) in [6.07, 6.45) is 4.47. The van der Waals surface area contributed by atoms with Crippen LogP contribution in [0.5, 0.6) is 5.88 Å². The maximum absolute atomic E-state index is 5.49. The standard InChI is InChI=1S/C12H20BrN3O/c1-8(2)17-12-7-14-6-11(16-12)15-10(4)5-9(3)13/h6-10H,5H2,1-4H3,(H,15,16). The van der Waals surface area contributed by atoms with E-state index >= 15 is 0 Å². The quantitative estimate of drug-likeness (QED) is 0.820. The first-order valence-corrected chi connectivity index (χ1v) is 6.78. The third kappa shape index (κ3) is 5.86. The highest BCUT2D eigenvalue weighted by molar-refractivity contribution is 9.09. The predicted molar refractivity (Wildman–Crippen MR) is 73.9 cm³/mol. The van der Waals surface area contributed by atoms with Gasteiger partial charge in [-0.1, -0.05) is 22.9 Å². The van der Waals surface area contributed by atoms with E-state index in [-0.39, 0.29) is 6.10 Å². The Morgan fingerprint density at radius 2 is 2.00 bits per heavy atom. The summed E-state index contributed by atoms with van der Waals surface area (Å²) in [7, 11) is 0. The van der Waals surface area contributed by atoms with Crippen LogP contribution in [0.4, 0.5) is 5.82 Å². The summed E-state index contributed by atoms with van der Waals surface area (Å²) in [4.78, 5) is 8.94. The molecule has 1 heterocycles. The number of hydrogen-bond acceptors (Lipinski definition) is 4. The molecule has 0 aromatic carbocycles. The fourth-order valence-corrected chi connectivity index (χ4v) is 2.08. The molecule has 1 aromatic heterocycles. The van der Waals surface area contributed by atoms with Crippen molar-refractivity contribution in [2.24, 2.45) is 0 Å². The van der Waals surface area contributed by atoms with Crippen LogP contribution in [0, 0.1) is 0 Å². The van der Waals surface area contributed by atoms with Crippen molar-refractivity contribution in [1.29, 1.82) is 0 Å². The van der Waals surface area contributed by atoms with Crippen LogP contribution in [0.15, 0.2) is 12.4 Å². The number of anilines is 1. The van der Waals surface area contributed by atoms with Gasteiger partial charge in [0.15, 0.2) is 0 Å². The minimum absolute atomic E-state index is 0.111. The molecule has 0 bridgehead atoms. The Bertz CT molecular complexity index is 344. The number of aromatic nitrogens is 2. The maximum Gasteiger partial charge on any atom is 0.234 e. The van der Waals surface area contributed by atoms with E-state index < -0.39 is 0 Å². The molecule has 5 heteroatoms. The van der Waals surface area contributed by atoms with Gasteiger partial charge in [-0.05, 0) is 27.2 Å². The van der Waals surface area contributed by atoms with E-state index in [0.717, 1.165) is 12.2 Å². The van der Waals surface area contributed by atoms with Crippen molar-refractivity contribution in [3.63, 3.8) is 0 Å². The lowest BCUT2D eigenvalue weighted by Gasteiger charge is -2.16. The number of alkyl halides is 1. The lowest BCUT2D eigenvalue weighted by atomic mass is 10.2. The van der Waals surface area contributed by atoms with E-state index in [1.54, 1.807) is 12.4 Å². The molecule has 0 aliphatic carbocycles. The predicted octanol–water partition coefficient (Wildman–Crippen LogP) is 3.24. The van der Waals surface area contributed by atoms with Gasteiger partial charge in [0, 0.05) is 10.9 Å². The van der Waals surface area contributed by atoms with E-state index in [2.05, 4.69) is 45.1 Å². The first-order chi connectivity index (χ1) is 7.97. The number of rotatable bonds is 6. The van der Waals surface area contributed by atoms with Crippen LogP contribution >= 0.6 is 15.9 Å². The molecular formula is C12H20BrN3O. The van der Waals surface area contributed by atoms with Crippen molar-refractivity contribution in [1.82, 2.24) is 9.97 Å². The van der Waals surface area contributed by atoms with Gasteiger partial charge in [-0.15, -0.1) is 0 Å².